The summed E-state index contributed by atoms with van der Waals surface area (Å²) in [4.78, 5) is 27.7. The molecule has 0 atom stereocenters. The van der Waals surface area contributed by atoms with E-state index in [1.54, 1.807) is 0 Å². The summed E-state index contributed by atoms with van der Waals surface area (Å²) in [5.41, 5.74) is 1.76. The minimum Gasteiger partial charge on any atom is -0.368 e. The minimum absolute atomic E-state index is 0.145. The van der Waals surface area contributed by atoms with E-state index in [0.29, 0.717) is 18.0 Å². The molecule has 1 heterocycles. The van der Waals surface area contributed by atoms with E-state index in [4.69, 9.17) is 5.26 Å². The highest BCUT2D eigenvalue weighted by Crippen LogP contribution is 2.20. The Balaban J connectivity index is 1.87. The van der Waals surface area contributed by atoms with Gasteiger partial charge in [-0.25, -0.2) is 0 Å². The van der Waals surface area contributed by atoms with Gasteiger partial charge in [-0.2, -0.15) is 5.26 Å². The summed E-state index contributed by atoms with van der Waals surface area (Å²) in [5.74, 6) is 0.321. The second kappa shape index (κ2) is 8.34. The van der Waals surface area contributed by atoms with Crippen molar-refractivity contribution in [1.82, 2.24) is 4.90 Å². The Labute approximate surface area is 143 Å². The van der Waals surface area contributed by atoms with Crippen LogP contribution in [0.3, 0.4) is 0 Å². The number of hydrogen-bond donors (Lipinski definition) is 1. The second-order valence-electron chi connectivity index (χ2n) is 6.40. The van der Waals surface area contributed by atoms with Gasteiger partial charge in [0, 0.05) is 44.0 Å². The Bertz CT molecular complexity index is 611. The Morgan fingerprint density at radius 3 is 2.33 bits per heavy atom. The van der Waals surface area contributed by atoms with Gasteiger partial charge in [-0.05, 0) is 30.2 Å². The Morgan fingerprint density at radius 2 is 1.79 bits per heavy atom. The lowest BCUT2D eigenvalue weighted by atomic mass is 10.1. The molecule has 24 heavy (non-hydrogen) atoms. The zero-order chi connectivity index (χ0) is 17.5. The Kier molecular flexibility index (Phi) is 6.19. The third-order valence-electron chi connectivity index (χ3n) is 3.97. The smallest absolute Gasteiger partial charge is 0.238 e. The number of rotatable bonds is 5. The summed E-state index contributed by atoms with van der Waals surface area (Å²) in [5, 5.41) is 11.2. The van der Waals surface area contributed by atoms with Crippen molar-refractivity contribution in [1.29, 1.82) is 5.26 Å². The molecule has 0 saturated carbocycles. The van der Waals surface area contributed by atoms with Crippen molar-refractivity contribution < 1.29 is 9.59 Å². The van der Waals surface area contributed by atoms with Gasteiger partial charge < -0.3 is 15.1 Å². The standard InChI is InChI=1S/C18H24N4O2/c1-14(2)13-18(24)22-11-9-21(10-12-22)16-5-3-15(4-6-16)20-17(23)7-8-19/h3-6,14H,7,9-13H2,1-2H3,(H,20,23). The van der Waals surface area contributed by atoms with E-state index in [-0.39, 0.29) is 18.2 Å². The molecular weight excluding hydrogens is 304 g/mol. The molecule has 0 bridgehead atoms. The highest BCUT2D eigenvalue weighted by molar-refractivity contribution is 5.92. The number of amides is 2. The summed E-state index contributed by atoms with van der Waals surface area (Å²) in [6.45, 7) is 7.22. The van der Waals surface area contributed by atoms with Crippen LogP contribution in [0.15, 0.2) is 24.3 Å². The highest BCUT2D eigenvalue weighted by Gasteiger charge is 2.21. The number of hydrogen-bond acceptors (Lipinski definition) is 4. The second-order valence-corrected chi connectivity index (χ2v) is 6.40. The lowest BCUT2D eigenvalue weighted by molar-refractivity contribution is -0.132. The van der Waals surface area contributed by atoms with Gasteiger partial charge in [0.2, 0.25) is 11.8 Å². The van der Waals surface area contributed by atoms with Crippen molar-refractivity contribution in [2.24, 2.45) is 5.92 Å². The van der Waals surface area contributed by atoms with E-state index in [0.717, 1.165) is 31.9 Å². The SMILES string of the molecule is CC(C)CC(=O)N1CCN(c2ccc(NC(=O)CC#N)cc2)CC1. The predicted molar refractivity (Wildman–Crippen MR) is 93.5 cm³/mol. The molecule has 128 valence electrons. The van der Waals surface area contributed by atoms with E-state index >= 15 is 0 Å². The van der Waals surface area contributed by atoms with E-state index in [1.807, 2.05) is 35.2 Å². The third kappa shape index (κ3) is 4.98. The first kappa shape index (κ1) is 17.8. The molecule has 6 heteroatoms. The molecule has 2 rings (SSSR count). The predicted octanol–water partition coefficient (Wildman–Crippen LogP) is 2.23. The van der Waals surface area contributed by atoms with Crippen LogP contribution in [-0.4, -0.2) is 42.9 Å². The molecule has 1 N–H and O–H groups in total. The molecule has 6 nitrogen and oxygen atoms in total. The fourth-order valence-electron chi connectivity index (χ4n) is 2.72. The first-order valence-electron chi connectivity index (χ1n) is 8.29. The van der Waals surface area contributed by atoms with Gasteiger partial charge in [0.15, 0.2) is 0 Å². The van der Waals surface area contributed by atoms with Gasteiger partial charge in [-0.15, -0.1) is 0 Å². The van der Waals surface area contributed by atoms with E-state index in [9.17, 15) is 9.59 Å². The monoisotopic (exact) mass is 328 g/mol. The molecule has 1 aliphatic heterocycles. The van der Waals surface area contributed by atoms with Gasteiger partial charge in [-0.3, -0.25) is 9.59 Å². The summed E-state index contributed by atoms with van der Waals surface area (Å²) in [7, 11) is 0. The van der Waals surface area contributed by atoms with E-state index < -0.39 is 0 Å². The van der Waals surface area contributed by atoms with Crippen LogP contribution in [0.2, 0.25) is 0 Å². The average molecular weight is 328 g/mol. The van der Waals surface area contributed by atoms with Gasteiger partial charge in [-0.1, -0.05) is 13.8 Å². The van der Waals surface area contributed by atoms with Gasteiger partial charge in [0.25, 0.3) is 0 Å². The zero-order valence-corrected chi connectivity index (χ0v) is 14.3. The summed E-state index contributed by atoms with van der Waals surface area (Å²) < 4.78 is 0. The molecule has 2 amide bonds. The van der Waals surface area contributed by atoms with Crippen molar-refractivity contribution in [2.45, 2.75) is 26.7 Å². The summed E-state index contributed by atoms with van der Waals surface area (Å²) in [6.07, 6.45) is 0.464. The lowest BCUT2D eigenvalue weighted by Crippen LogP contribution is -2.49. The van der Waals surface area contributed by atoms with Crippen molar-refractivity contribution in [3.8, 4) is 6.07 Å². The molecule has 0 aromatic heterocycles. The molecule has 1 saturated heterocycles. The maximum absolute atomic E-state index is 12.1. The van der Waals surface area contributed by atoms with Gasteiger partial charge in [0.05, 0.1) is 6.07 Å². The fourth-order valence-corrected chi connectivity index (χ4v) is 2.72. The van der Waals surface area contributed by atoms with Crippen LogP contribution in [0, 0.1) is 17.2 Å². The molecule has 1 aromatic rings. The first-order valence-corrected chi connectivity index (χ1v) is 8.29. The summed E-state index contributed by atoms with van der Waals surface area (Å²) >= 11 is 0. The molecule has 0 radical (unpaired) electrons. The minimum atomic E-state index is -0.303. The molecule has 1 aliphatic rings. The van der Waals surface area contributed by atoms with Crippen LogP contribution >= 0.6 is 0 Å². The van der Waals surface area contributed by atoms with Crippen LogP contribution < -0.4 is 10.2 Å². The van der Waals surface area contributed by atoms with E-state index in [1.165, 1.54) is 0 Å². The van der Waals surface area contributed by atoms with Crippen LogP contribution in [0.1, 0.15) is 26.7 Å². The number of carbonyl (C=O) groups is 2. The molecule has 0 spiro atoms. The number of nitrogens with one attached hydrogen (secondary N) is 1. The van der Waals surface area contributed by atoms with Gasteiger partial charge >= 0.3 is 0 Å². The largest absolute Gasteiger partial charge is 0.368 e. The number of carbonyl (C=O) groups excluding carboxylic acids is 2. The third-order valence-corrected chi connectivity index (χ3v) is 3.97. The quantitative estimate of drug-likeness (QED) is 0.899. The van der Waals surface area contributed by atoms with Crippen LogP contribution in [0.25, 0.3) is 0 Å². The maximum atomic E-state index is 12.1. The van der Waals surface area contributed by atoms with Crippen molar-refractivity contribution >= 4 is 23.2 Å². The molecule has 0 aliphatic carbocycles. The number of nitriles is 1. The van der Waals surface area contributed by atoms with Crippen molar-refractivity contribution in [3.63, 3.8) is 0 Å². The van der Waals surface area contributed by atoms with Crippen molar-refractivity contribution in [3.05, 3.63) is 24.3 Å². The van der Waals surface area contributed by atoms with E-state index in [2.05, 4.69) is 24.1 Å². The zero-order valence-electron chi connectivity index (χ0n) is 14.3. The fraction of sp³-hybridized carbons (Fsp3) is 0.500. The topological polar surface area (TPSA) is 76.4 Å². The normalized spacial score (nSPS) is 14.4. The number of nitrogens with zero attached hydrogens (tertiary/aromatic N) is 3. The Morgan fingerprint density at radius 1 is 1.17 bits per heavy atom. The molecule has 0 unspecified atom stereocenters. The first-order chi connectivity index (χ1) is 11.5. The number of anilines is 2. The molecular formula is C18H24N4O2. The molecule has 1 aromatic carbocycles. The summed E-state index contributed by atoms with van der Waals surface area (Å²) in [6, 6.07) is 9.40. The lowest BCUT2D eigenvalue weighted by Gasteiger charge is -2.36. The Hall–Kier alpha value is -2.55. The molecule has 1 fully saturated rings. The number of piperazine rings is 1. The van der Waals surface area contributed by atoms with Crippen molar-refractivity contribution in [2.75, 3.05) is 36.4 Å². The highest BCUT2D eigenvalue weighted by atomic mass is 16.2. The van der Waals surface area contributed by atoms with Gasteiger partial charge in [0.1, 0.15) is 6.42 Å². The average Bonchev–Trinajstić information content (AvgIpc) is 2.55. The van der Waals surface area contributed by atoms with Crippen LogP contribution in [0.5, 0.6) is 0 Å². The van der Waals surface area contributed by atoms with Crippen LogP contribution in [0.4, 0.5) is 11.4 Å². The number of benzene rings is 1. The maximum Gasteiger partial charge on any atom is 0.238 e. The van der Waals surface area contributed by atoms with Crippen LogP contribution in [-0.2, 0) is 9.59 Å².